The molecule has 0 saturated carbocycles. The van der Waals surface area contributed by atoms with E-state index in [0.717, 1.165) is 6.07 Å². The summed E-state index contributed by atoms with van der Waals surface area (Å²) >= 11 is 0. The minimum atomic E-state index is -1.24. The van der Waals surface area contributed by atoms with Crippen molar-refractivity contribution < 1.29 is 19.8 Å². The molecule has 1 aromatic carbocycles. The van der Waals surface area contributed by atoms with Gasteiger partial charge in [0.2, 0.25) is 0 Å². The van der Waals surface area contributed by atoms with Crippen LogP contribution in [-0.4, -0.2) is 44.1 Å². The monoisotopic (exact) mass is 290 g/mol. The van der Waals surface area contributed by atoms with E-state index in [4.69, 9.17) is 5.11 Å². The summed E-state index contributed by atoms with van der Waals surface area (Å²) in [6, 6.07) is 3.22. The molecule has 8 heteroatoms. The summed E-state index contributed by atoms with van der Waals surface area (Å²) in [7, 11) is 1.55. The molecule has 8 nitrogen and oxygen atoms in total. The Kier molecular flexibility index (Phi) is 4.07. The van der Waals surface area contributed by atoms with Crippen LogP contribution in [0.4, 0.5) is 10.5 Å². The Labute approximate surface area is 120 Å². The number of phenols is 1. The summed E-state index contributed by atoms with van der Waals surface area (Å²) in [5.74, 6) is -0.818. The van der Waals surface area contributed by atoms with E-state index < -0.39 is 12.0 Å². The van der Waals surface area contributed by atoms with Gasteiger partial charge in [-0.2, -0.15) is 0 Å². The van der Waals surface area contributed by atoms with Gasteiger partial charge in [0, 0.05) is 19.4 Å². The largest absolute Gasteiger partial charge is 0.508 e. The van der Waals surface area contributed by atoms with Crippen LogP contribution in [0.1, 0.15) is 16.2 Å². The van der Waals surface area contributed by atoms with E-state index in [1.165, 1.54) is 17.0 Å². The molecule has 0 radical (unpaired) electrons. The number of rotatable bonds is 4. The number of carbonyl (C=O) groups is 2. The fourth-order valence-electron chi connectivity index (χ4n) is 1.71. The summed E-state index contributed by atoms with van der Waals surface area (Å²) < 4.78 is 0. The van der Waals surface area contributed by atoms with Gasteiger partial charge in [0.25, 0.3) is 0 Å². The first-order chi connectivity index (χ1) is 9.97. The third-order valence-corrected chi connectivity index (χ3v) is 2.76. The molecule has 0 aliphatic rings. The molecule has 0 spiro atoms. The van der Waals surface area contributed by atoms with Crippen LogP contribution in [-0.2, 0) is 6.54 Å². The number of carboxylic acids is 1. The van der Waals surface area contributed by atoms with Gasteiger partial charge < -0.3 is 25.4 Å². The molecular weight excluding hydrogens is 276 g/mol. The molecule has 0 unspecified atom stereocenters. The van der Waals surface area contributed by atoms with Gasteiger partial charge in [-0.25, -0.2) is 14.6 Å². The molecule has 4 N–H and O–H groups in total. The molecule has 0 aliphatic carbocycles. The second-order valence-electron chi connectivity index (χ2n) is 4.36. The lowest BCUT2D eigenvalue weighted by atomic mass is 10.1. The number of imidazole rings is 1. The quantitative estimate of drug-likeness (QED) is 0.636. The van der Waals surface area contributed by atoms with E-state index in [1.54, 1.807) is 19.4 Å². The maximum absolute atomic E-state index is 12.0. The second-order valence-corrected chi connectivity index (χ2v) is 4.36. The second kappa shape index (κ2) is 5.95. The van der Waals surface area contributed by atoms with E-state index >= 15 is 0 Å². The van der Waals surface area contributed by atoms with Crippen LogP contribution in [0.25, 0.3) is 0 Å². The number of aromatic nitrogens is 2. The van der Waals surface area contributed by atoms with Crippen LogP contribution in [0.5, 0.6) is 5.75 Å². The summed E-state index contributed by atoms with van der Waals surface area (Å²) in [5.41, 5.74) is -0.0775. The predicted molar refractivity (Wildman–Crippen MR) is 74.1 cm³/mol. The number of hydrogen-bond acceptors (Lipinski definition) is 4. The fraction of sp³-hybridized carbons (Fsp3) is 0.154. The zero-order valence-corrected chi connectivity index (χ0v) is 11.2. The molecule has 0 bridgehead atoms. The number of hydrogen-bond donors (Lipinski definition) is 4. The average molecular weight is 290 g/mol. The van der Waals surface area contributed by atoms with Crippen molar-refractivity contribution in [2.24, 2.45) is 0 Å². The van der Waals surface area contributed by atoms with Crippen molar-refractivity contribution in [3.8, 4) is 5.75 Å². The number of aromatic amines is 1. The molecule has 0 atom stereocenters. The third-order valence-electron chi connectivity index (χ3n) is 2.76. The van der Waals surface area contributed by atoms with E-state index in [1.807, 2.05) is 0 Å². The normalized spacial score (nSPS) is 10.1. The number of urea groups is 1. The van der Waals surface area contributed by atoms with Gasteiger partial charge in [-0.05, 0) is 18.2 Å². The van der Waals surface area contributed by atoms with Gasteiger partial charge in [-0.15, -0.1) is 0 Å². The lowest BCUT2D eigenvalue weighted by Gasteiger charge is -2.17. The van der Waals surface area contributed by atoms with Crippen LogP contribution in [0.2, 0.25) is 0 Å². The average Bonchev–Trinajstić information content (AvgIpc) is 2.93. The molecule has 2 rings (SSSR count). The number of aromatic carboxylic acids is 1. The molecular formula is C13H14N4O4. The molecule has 2 amide bonds. The maximum atomic E-state index is 12.0. The van der Waals surface area contributed by atoms with E-state index in [9.17, 15) is 14.7 Å². The third kappa shape index (κ3) is 3.50. The van der Waals surface area contributed by atoms with Gasteiger partial charge in [0.1, 0.15) is 11.6 Å². The molecule has 21 heavy (non-hydrogen) atoms. The van der Waals surface area contributed by atoms with Crippen LogP contribution in [0.3, 0.4) is 0 Å². The van der Waals surface area contributed by atoms with Crippen molar-refractivity contribution in [3.63, 3.8) is 0 Å². The molecule has 2 aromatic rings. The number of nitrogens with one attached hydrogen (secondary N) is 2. The summed E-state index contributed by atoms with van der Waals surface area (Å²) in [4.78, 5) is 31.3. The highest BCUT2D eigenvalue weighted by molar-refractivity contribution is 6.00. The molecule has 1 heterocycles. The van der Waals surface area contributed by atoms with Gasteiger partial charge >= 0.3 is 12.0 Å². The summed E-state index contributed by atoms with van der Waals surface area (Å²) in [6.45, 7) is 0.249. The Hall–Kier alpha value is -3.03. The molecule has 1 aromatic heterocycles. The number of nitrogens with zero attached hydrogens (tertiary/aromatic N) is 2. The van der Waals surface area contributed by atoms with Crippen molar-refractivity contribution in [1.82, 2.24) is 14.9 Å². The van der Waals surface area contributed by atoms with Crippen LogP contribution < -0.4 is 5.32 Å². The highest BCUT2D eigenvalue weighted by Crippen LogP contribution is 2.21. The van der Waals surface area contributed by atoms with Crippen molar-refractivity contribution in [2.45, 2.75) is 6.54 Å². The fourth-order valence-corrected chi connectivity index (χ4v) is 1.71. The lowest BCUT2D eigenvalue weighted by Crippen LogP contribution is -2.31. The molecule has 0 fully saturated rings. The number of anilines is 1. The van der Waals surface area contributed by atoms with Crippen LogP contribution in [0.15, 0.2) is 30.6 Å². The van der Waals surface area contributed by atoms with E-state index in [0.29, 0.717) is 5.82 Å². The minimum Gasteiger partial charge on any atom is -0.508 e. The zero-order valence-electron chi connectivity index (χ0n) is 11.2. The zero-order chi connectivity index (χ0) is 15.4. The van der Waals surface area contributed by atoms with Crippen molar-refractivity contribution in [2.75, 3.05) is 12.4 Å². The standard InChI is InChI=1S/C13H14N4O4/c1-17(7-11-14-4-5-15-11)13(21)16-10-3-2-8(18)6-9(10)12(19)20/h2-6,18H,7H2,1H3,(H,14,15)(H,16,21)(H,19,20). The molecule has 0 aliphatic heterocycles. The first-order valence-electron chi connectivity index (χ1n) is 6.04. The van der Waals surface area contributed by atoms with Gasteiger partial charge in [0.15, 0.2) is 0 Å². The van der Waals surface area contributed by atoms with Gasteiger partial charge in [-0.1, -0.05) is 0 Å². The minimum absolute atomic E-state index is 0.108. The van der Waals surface area contributed by atoms with Crippen molar-refractivity contribution >= 4 is 17.7 Å². The number of benzene rings is 1. The number of H-pyrrole nitrogens is 1. The summed E-state index contributed by atoms with van der Waals surface area (Å²) in [5, 5.41) is 20.8. The van der Waals surface area contributed by atoms with Crippen LogP contribution in [0, 0.1) is 0 Å². The number of phenolic OH excluding ortho intramolecular Hbond substituents is 1. The Bertz CT molecular complexity index is 654. The van der Waals surface area contributed by atoms with Gasteiger partial charge in [0.05, 0.1) is 17.8 Å². The van der Waals surface area contributed by atoms with Gasteiger partial charge in [-0.3, -0.25) is 0 Å². The Morgan fingerprint density at radius 2 is 2.19 bits per heavy atom. The SMILES string of the molecule is CN(Cc1ncc[nH]1)C(=O)Nc1ccc(O)cc1C(=O)O. The van der Waals surface area contributed by atoms with Crippen molar-refractivity contribution in [3.05, 3.63) is 42.0 Å². The first-order valence-corrected chi connectivity index (χ1v) is 6.04. The summed E-state index contributed by atoms with van der Waals surface area (Å²) in [6.07, 6.45) is 3.22. The molecule has 0 saturated heterocycles. The van der Waals surface area contributed by atoms with Crippen LogP contribution >= 0.6 is 0 Å². The van der Waals surface area contributed by atoms with E-state index in [2.05, 4.69) is 15.3 Å². The number of carbonyl (C=O) groups excluding carboxylic acids is 1. The number of aromatic hydroxyl groups is 1. The van der Waals surface area contributed by atoms with Crippen molar-refractivity contribution in [1.29, 1.82) is 0 Å². The lowest BCUT2D eigenvalue weighted by molar-refractivity contribution is 0.0697. The number of carboxylic acid groups (broad SMARTS) is 1. The smallest absolute Gasteiger partial charge is 0.337 e. The Morgan fingerprint density at radius 1 is 1.43 bits per heavy atom. The highest BCUT2D eigenvalue weighted by atomic mass is 16.4. The predicted octanol–water partition coefficient (Wildman–Crippen LogP) is 1.48. The molecule has 110 valence electrons. The highest BCUT2D eigenvalue weighted by Gasteiger charge is 2.16. The Morgan fingerprint density at radius 3 is 2.81 bits per heavy atom. The number of amides is 2. The first kappa shape index (κ1) is 14.4. The van der Waals surface area contributed by atoms with E-state index in [-0.39, 0.29) is 23.5 Å². The maximum Gasteiger partial charge on any atom is 0.337 e. The topological polar surface area (TPSA) is 119 Å². The Balaban J connectivity index is 2.10.